The lowest BCUT2D eigenvalue weighted by Gasteiger charge is -2.12. The molecule has 0 unspecified atom stereocenters. The number of aromatic nitrogens is 4. The van der Waals surface area contributed by atoms with Gasteiger partial charge >= 0.3 is 0 Å². The quantitative estimate of drug-likeness (QED) is 0.305. The maximum atomic E-state index is 6.03. The van der Waals surface area contributed by atoms with Gasteiger partial charge in [-0.05, 0) is 31.0 Å². The van der Waals surface area contributed by atoms with E-state index >= 15 is 0 Å². The highest BCUT2D eigenvalue weighted by atomic mass is 35.5. The highest BCUT2D eigenvalue weighted by Gasteiger charge is 2.07. The molecule has 0 fully saturated rings. The molecule has 0 atom stereocenters. The number of hydrogen-bond acceptors (Lipinski definition) is 5. The van der Waals surface area contributed by atoms with Gasteiger partial charge < -0.3 is 16.0 Å². The first-order chi connectivity index (χ1) is 13.7. The van der Waals surface area contributed by atoms with Crippen LogP contribution >= 0.6 is 11.6 Å². The van der Waals surface area contributed by atoms with E-state index in [1.807, 2.05) is 32.2 Å². The van der Waals surface area contributed by atoms with Crippen molar-refractivity contribution in [3.63, 3.8) is 0 Å². The number of rotatable bonds is 8. The number of guanidine groups is 1. The summed E-state index contributed by atoms with van der Waals surface area (Å²) in [6.45, 7) is 4.94. The number of nitrogens with zero attached hydrogens (tertiary/aromatic N) is 5. The molecular weight excluding hydrogens is 376 g/mol. The molecule has 3 N–H and O–H groups in total. The largest absolute Gasteiger partial charge is 0.368 e. The molecule has 8 nitrogen and oxygen atoms in total. The van der Waals surface area contributed by atoms with Gasteiger partial charge in [-0.15, -0.1) is 0 Å². The van der Waals surface area contributed by atoms with Crippen molar-refractivity contribution in [2.24, 2.45) is 12.0 Å². The van der Waals surface area contributed by atoms with Gasteiger partial charge in [0.25, 0.3) is 0 Å². The van der Waals surface area contributed by atoms with Crippen molar-refractivity contribution in [2.75, 3.05) is 31.5 Å². The Morgan fingerprint density at radius 2 is 2.11 bits per heavy atom. The molecule has 148 valence electrons. The minimum Gasteiger partial charge on any atom is -0.368 e. The zero-order valence-electron chi connectivity index (χ0n) is 16.1. The third-order valence-corrected chi connectivity index (χ3v) is 4.38. The van der Waals surface area contributed by atoms with Crippen molar-refractivity contribution < 1.29 is 0 Å². The average molecular weight is 401 g/mol. The van der Waals surface area contributed by atoms with E-state index < -0.39 is 0 Å². The minimum atomic E-state index is 0.686. The van der Waals surface area contributed by atoms with Crippen molar-refractivity contribution >= 4 is 34.4 Å². The van der Waals surface area contributed by atoms with Crippen molar-refractivity contribution in [2.45, 2.75) is 13.3 Å². The highest BCUT2D eigenvalue weighted by Crippen LogP contribution is 2.17. The summed E-state index contributed by atoms with van der Waals surface area (Å²) >= 11 is 6.03. The Hall–Kier alpha value is -2.87. The first kappa shape index (κ1) is 19.9. The van der Waals surface area contributed by atoms with Crippen LogP contribution in [0.4, 0.5) is 5.82 Å². The fourth-order valence-electron chi connectivity index (χ4n) is 2.80. The molecule has 0 bridgehead atoms. The molecular formula is C19H25ClN8. The van der Waals surface area contributed by atoms with E-state index in [0.717, 1.165) is 40.8 Å². The number of aryl methyl sites for hydroxylation is 1. The lowest BCUT2D eigenvalue weighted by atomic mass is 10.1. The molecule has 0 aliphatic heterocycles. The molecule has 9 heteroatoms. The molecule has 3 aromatic rings. The van der Waals surface area contributed by atoms with Crippen molar-refractivity contribution in [1.82, 2.24) is 30.4 Å². The fourth-order valence-corrected chi connectivity index (χ4v) is 3.01. The predicted octanol–water partition coefficient (Wildman–Crippen LogP) is 2.23. The van der Waals surface area contributed by atoms with Crippen LogP contribution in [0.1, 0.15) is 12.5 Å². The van der Waals surface area contributed by atoms with Crippen LogP contribution in [0, 0.1) is 0 Å². The van der Waals surface area contributed by atoms with E-state index in [0.29, 0.717) is 19.6 Å². The Kier molecular flexibility index (Phi) is 7.02. The molecule has 0 aliphatic carbocycles. The highest BCUT2D eigenvalue weighted by molar-refractivity contribution is 6.30. The normalized spacial score (nSPS) is 11.6. The summed E-state index contributed by atoms with van der Waals surface area (Å²) in [5.41, 5.74) is 1.99. The number of anilines is 1. The van der Waals surface area contributed by atoms with Crippen LogP contribution in [-0.4, -0.2) is 51.9 Å². The zero-order chi connectivity index (χ0) is 19.8. The molecule has 2 heterocycles. The predicted molar refractivity (Wildman–Crippen MR) is 114 cm³/mol. The Morgan fingerprint density at radius 1 is 1.21 bits per heavy atom. The van der Waals surface area contributed by atoms with E-state index in [1.54, 1.807) is 17.2 Å². The van der Waals surface area contributed by atoms with Crippen molar-refractivity contribution in [3.8, 4) is 0 Å². The maximum absolute atomic E-state index is 6.03. The third-order valence-electron chi connectivity index (χ3n) is 4.14. The Morgan fingerprint density at radius 3 is 2.93 bits per heavy atom. The van der Waals surface area contributed by atoms with Crippen LogP contribution in [0.15, 0.2) is 41.8 Å². The molecule has 2 aromatic heterocycles. The number of nitrogens with one attached hydrogen (secondary N) is 3. The number of fused-ring (bicyclic) bond motifs is 1. The standard InChI is InChI=1S/C19H25ClN8/c1-3-21-19(23-8-7-14-5-4-6-15(20)11-14)24-10-9-22-17-16-12-27-28(2)18(16)26-13-25-17/h4-6,11-13H,3,7-10H2,1-2H3,(H2,21,23,24)(H,22,25,26). The van der Waals surface area contributed by atoms with Gasteiger partial charge in [0.05, 0.1) is 11.6 Å². The van der Waals surface area contributed by atoms with Crippen LogP contribution in [0.25, 0.3) is 11.0 Å². The van der Waals surface area contributed by atoms with Gasteiger partial charge in [-0.2, -0.15) is 5.10 Å². The van der Waals surface area contributed by atoms with Gasteiger partial charge in [-0.3, -0.25) is 9.67 Å². The van der Waals surface area contributed by atoms with Gasteiger partial charge in [0.1, 0.15) is 12.1 Å². The molecule has 0 saturated carbocycles. The monoisotopic (exact) mass is 400 g/mol. The van der Waals surface area contributed by atoms with Crippen LogP contribution in [0.3, 0.4) is 0 Å². The summed E-state index contributed by atoms with van der Waals surface area (Å²) in [5, 5.41) is 15.8. The van der Waals surface area contributed by atoms with Crippen molar-refractivity contribution in [3.05, 3.63) is 47.4 Å². The van der Waals surface area contributed by atoms with Crippen molar-refractivity contribution in [1.29, 1.82) is 0 Å². The molecule has 1 aromatic carbocycles. The summed E-state index contributed by atoms with van der Waals surface area (Å²) < 4.78 is 1.73. The second kappa shape index (κ2) is 9.89. The van der Waals surface area contributed by atoms with E-state index in [4.69, 9.17) is 11.6 Å². The van der Waals surface area contributed by atoms with Gasteiger partial charge in [-0.25, -0.2) is 9.97 Å². The van der Waals surface area contributed by atoms with Gasteiger partial charge in [0.15, 0.2) is 11.6 Å². The van der Waals surface area contributed by atoms with Gasteiger partial charge in [0.2, 0.25) is 0 Å². The number of halogens is 1. The molecule has 0 amide bonds. The average Bonchev–Trinajstić information content (AvgIpc) is 3.07. The van der Waals surface area contributed by atoms with E-state index in [2.05, 4.69) is 42.1 Å². The summed E-state index contributed by atoms with van der Waals surface area (Å²) in [5.74, 6) is 1.57. The van der Waals surface area contributed by atoms with Crippen LogP contribution in [-0.2, 0) is 13.5 Å². The molecule has 0 saturated heterocycles. The number of aliphatic imine (C=N–C) groups is 1. The summed E-state index contributed by atoms with van der Waals surface area (Å²) in [4.78, 5) is 13.2. The Bertz CT molecular complexity index is 937. The minimum absolute atomic E-state index is 0.686. The molecule has 0 aliphatic rings. The summed E-state index contributed by atoms with van der Waals surface area (Å²) in [6, 6.07) is 7.88. The molecule has 28 heavy (non-hydrogen) atoms. The van der Waals surface area contributed by atoms with Crippen LogP contribution in [0.5, 0.6) is 0 Å². The van der Waals surface area contributed by atoms with E-state index in [9.17, 15) is 0 Å². The van der Waals surface area contributed by atoms with Gasteiger partial charge in [0, 0.05) is 38.2 Å². The first-order valence-electron chi connectivity index (χ1n) is 9.30. The van der Waals surface area contributed by atoms with Crippen LogP contribution in [0.2, 0.25) is 5.02 Å². The second-order valence-electron chi connectivity index (χ2n) is 6.22. The Balaban J connectivity index is 1.49. The molecule has 0 spiro atoms. The Labute approximate surface area is 169 Å². The number of benzene rings is 1. The summed E-state index contributed by atoms with van der Waals surface area (Å²) in [7, 11) is 1.86. The lowest BCUT2D eigenvalue weighted by molar-refractivity contribution is 0.785. The fraction of sp³-hybridized carbons (Fsp3) is 0.368. The van der Waals surface area contributed by atoms with Gasteiger partial charge in [-0.1, -0.05) is 23.7 Å². The van der Waals surface area contributed by atoms with E-state index in [1.165, 1.54) is 5.56 Å². The third kappa shape index (κ3) is 5.32. The molecule has 3 rings (SSSR count). The SMILES string of the molecule is CCNC(=NCCc1cccc(Cl)c1)NCCNc1ncnc2c1cnn2C. The maximum Gasteiger partial charge on any atom is 0.191 e. The molecule has 0 radical (unpaired) electrons. The topological polar surface area (TPSA) is 92.1 Å². The summed E-state index contributed by atoms with van der Waals surface area (Å²) in [6.07, 6.45) is 4.16. The first-order valence-corrected chi connectivity index (χ1v) is 9.68. The smallest absolute Gasteiger partial charge is 0.191 e. The van der Waals surface area contributed by atoms with Crippen LogP contribution < -0.4 is 16.0 Å². The second-order valence-corrected chi connectivity index (χ2v) is 6.66. The van der Waals surface area contributed by atoms with E-state index in [-0.39, 0.29) is 0 Å². The number of hydrogen-bond donors (Lipinski definition) is 3. The zero-order valence-corrected chi connectivity index (χ0v) is 16.9. The lowest BCUT2D eigenvalue weighted by Crippen LogP contribution is -2.39.